The Bertz CT molecular complexity index is 1340. The number of nitrogens with one attached hydrogen (secondary N) is 1. The molecule has 36 heavy (non-hydrogen) atoms. The van der Waals surface area contributed by atoms with E-state index in [0.29, 0.717) is 16.5 Å². The summed E-state index contributed by atoms with van der Waals surface area (Å²) in [7, 11) is -3.97. The number of halogens is 2. The maximum atomic E-state index is 13.2. The zero-order valence-corrected chi connectivity index (χ0v) is 21.8. The first-order chi connectivity index (χ1) is 17.2. The fourth-order valence-corrected chi connectivity index (χ4v) is 7.13. The van der Waals surface area contributed by atoms with Crippen molar-refractivity contribution in [3.05, 3.63) is 82.1 Å². The SMILES string of the molecule is O=C1OC2=CC=CCCCC2C(O)C1C(c1cccc(NS(=O)(=O)c2ccc(Cl)cc2Cl)c1)C1CC1. The van der Waals surface area contributed by atoms with E-state index in [0.717, 1.165) is 37.7 Å². The van der Waals surface area contributed by atoms with Gasteiger partial charge in [0.05, 0.1) is 17.0 Å². The topological polar surface area (TPSA) is 92.7 Å². The second-order valence-electron chi connectivity index (χ2n) is 9.64. The summed E-state index contributed by atoms with van der Waals surface area (Å²) in [6, 6.07) is 11.2. The predicted molar refractivity (Wildman–Crippen MR) is 139 cm³/mol. The van der Waals surface area contributed by atoms with Crippen LogP contribution >= 0.6 is 23.2 Å². The molecule has 4 atom stereocenters. The van der Waals surface area contributed by atoms with Crippen LogP contribution in [0.4, 0.5) is 5.69 Å². The van der Waals surface area contributed by atoms with Crippen molar-refractivity contribution >= 4 is 44.9 Å². The van der Waals surface area contributed by atoms with Crippen LogP contribution in [0.1, 0.15) is 43.6 Å². The molecule has 2 aromatic carbocycles. The van der Waals surface area contributed by atoms with E-state index in [1.807, 2.05) is 18.2 Å². The van der Waals surface area contributed by atoms with Gasteiger partial charge in [-0.1, -0.05) is 47.5 Å². The van der Waals surface area contributed by atoms with Gasteiger partial charge in [-0.05, 0) is 80.0 Å². The first-order valence-electron chi connectivity index (χ1n) is 12.1. The highest BCUT2D eigenvalue weighted by Crippen LogP contribution is 2.51. The summed E-state index contributed by atoms with van der Waals surface area (Å²) in [5.74, 6) is -0.939. The molecule has 4 unspecified atom stereocenters. The Hall–Kier alpha value is -2.32. The summed E-state index contributed by atoms with van der Waals surface area (Å²) in [6.45, 7) is 0. The molecule has 1 aliphatic heterocycles. The van der Waals surface area contributed by atoms with Gasteiger partial charge >= 0.3 is 5.97 Å². The van der Waals surface area contributed by atoms with Crippen molar-refractivity contribution in [1.29, 1.82) is 0 Å². The smallest absolute Gasteiger partial charge is 0.317 e. The van der Waals surface area contributed by atoms with Crippen LogP contribution in [0.5, 0.6) is 0 Å². The van der Waals surface area contributed by atoms with Crippen molar-refractivity contribution in [3.8, 4) is 0 Å². The Morgan fingerprint density at radius 1 is 1.08 bits per heavy atom. The van der Waals surface area contributed by atoms with Gasteiger partial charge in [-0.25, -0.2) is 8.42 Å². The molecule has 2 N–H and O–H groups in total. The van der Waals surface area contributed by atoms with Crippen LogP contribution in [0, 0.1) is 17.8 Å². The summed E-state index contributed by atoms with van der Waals surface area (Å²) in [5, 5.41) is 11.8. The van der Waals surface area contributed by atoms with Gasteiger partial charge in [-0.2, -0.15) is 0 Å². The largest absolute Gasteiger partial charge is 0.430 e. The Kier molecular flexibility index (Phi) is 7.18. The van der Waals surface area contributed by atoms with Crippen molar-refractivity contribution in [3.63, 3.8) is 0 Å². The minimum absolute atomic E-state index is 0.0213. The fraction of sp³-hybridized carbons (Fsp3) is 0.370. The first-order valence-corrected chi connectivity index (χ1v) is 14.3. The van der Waals surface area contributed by atoms with Gasteiger partial charge in [0.25, 0.3) is 10.0 Å². The van der Waals surface area contributed by atoms with E-state index < -0.39 is 28.0 Å². The summed E-state index contributed by atoms with van der Waals surface area (Å²) in [6.07, 6.45) is 9.25. The molecule has 2 aromatic rings. The Morgan fingerprint density at radius 3 is 2.64 bits per heavy atom. The van der Waals surface area contributed by atoms with Gasteiger partial charge in [-0.15, -0.1) is 0 Å². The van der Waals surface area contributed by atoms with Gasteiger partial charge < -0.3 is 9.84 Å². The molecule has 0 bridgehead atoms. The third-order valence-electron chi connectivity index (χ3n) is 7.14. The van der Waals surface area contributed by atoms with Crippen molar-refractivity contribution in [2.45, 2.75) is 49.0 Å². The average Bonchev–Trinajstić information content (AvgIpc) is 3.62. The standard InChI is InChI=1S/C27H27Cl2NO5S/c28-18-12-13-23(21(29)15-18)36(33,34)30-19-7-5-6-17(14-19)24(16-10-11-16)25-26(31)20-8-3-1-2-4-9-22(20)35-27(25)32/h2,4-7,9,12-16,20,24-26,30-31H,1,3,8,10-11H2. The Morgan fingerprint density at radius 2 is 1.89 bits per heavy atom. The molecule has 0 radical (unpaired) electrons. The molecule has 0 aromatic heterocycles. The van der Waals surface area contributed by atoms with Crippen LogP contribution in [0.3, 0.4) is 0 Å². The highest BCUT2D eigenvalue weighted by molar-refractivity contribution is 7.92. The summed E-state index contributed by atoms with van der Waals surface area (Å²) < 4.78 is 34.4. The van der Waals surface area contributed by atoms with Crippen LogP contribution < -0.4 is 4.72 Å². The Labute approximate surface area is 221 Å². The van der Waals surface area contributed by atoms with E-state index in [1.165, 1.54) is 18.2 Å². The highest BCUT2D eigenvalue weighted by Gasteiger charge is 2.50. The maximum absolute atomic E-state index is 13.2. The number of ether oxygens (including phenoxy) is 1. The number of hydrogen-bond donors (Lipinski definition) is 2. The van der Waals surface area contributed by atoms with Crippen molar-refractivity contribution in [2.75, 3.05) is 4.72 Å². The number of anilines is 1. The number of carbonyl (C=O) groups excluding carboxylic acids is 1. The van der Waals surface area contributed by atoms with E-state index in [4.69, 9.17) is 27.9 Å². The normalized spacial score (nSPS) is 25.1. The second kappa shape index (κ2) is 10.2. The number of rotatable bonds is 6. The van der Waals surface area contributed by atoms with Gasteiger partial charge in [0.2, 0.25) is 0 Å². The fourth-order valence-electron chi connectivity index (χ4n) is 5.30. The van der Waals surface area contributed by atoms with Crippen molar-refractivity contribution in [1.82, 2.24) is 0 Å². The molecule has 2 fully saturated rings. The molecule has 190 valence electrons. The number of fused-ring (bicyclic) bond motifs is 1. The highest BCUT2D eigenvalue weighted by atomic mass is 35.5. The predicted octanol–water partition coefficient (Wildman–Crippen LogP) is 6.06. The first kappa shape index (κ1) is 25.3. The zero-order valence-electron chi connectivity index (χ0n) is 19.4. The van der Waals surface area contributed by atoms with Crippen LogP contribution in [0.25, 0.3) is 0 Å². The molecule has 5 rings (SSSR count). The van der Waals surface area contributed by atoms with Crippen molar-refractivity contribution < 1.29 is 23.1 Å². The lowest BCUT2D eigenvalue weighted by Gasteiger charge is -2.39. The lowest BCUT2D eigenvalue weighted by Crippen LogP contribution is -2.45. The van der Waals surface area contributed by atoms with Gasteiger partial charge in [0.15, 0.2) is 0 Å². The summed E-state index contributed by atoms with van der Waals surface area (Å²) in [4.78, 5) is 13.1. The zero-order chi connectivity index (χ0) is 25.4. The minimum atomic E-state index is -3.97. The van der Waals surface area contributed by atoms with Crippen LogP contribution in [0.15, 0.2) is 71.3 Å². The van der Waals surface area contributed by atoms with Gasteiger partial charge in [-0.3, -0.25) is 9.52 Å². The Balaban J connectivity index is 1.45. The maximum Gasteiger partial charge on any atom is 0.317 e. The number of esters is 1. The molecule has 1 heterocycles. The summed E-state index contributed by atoms with van der Waals surface area (Å²) >= 11 is 12.0. The average molecular weight is 548 g/mol. The number of aliphatic hydroxyl groups is 1. The molecule has 6 nitrogen and oxygen atoms in total. The number of hydrogen-bond acceptors (Lipinski definition) is 5. The third-order valence-corrected chi connectivity index (χ3v) is 9.24. The van der Waals surface area contributed by atoms with E-state index in [2.05, 4.69) is 4.72 Å². The summed E-state index contributed by atoms with van der Waals surface area (Å²) in [5.41, 5.74) is 1.14. The number of benzene rings is 2. The number of allylic oxidation sites excluding steroid dienone is 3. The molecule has 9 heteroatoms. The molecule has 0 spiro atoms. The molecule has 2 aliphatic carbocycles. The molecule has 1 saturated carbocycles. The quantitative estimate of drug-likeness (QED) is 0.428. The second-order valence-corrected chi connectivity index (χ2v) is 12.1. The molecule has 3 aliphatic rings. The molecule has 0 amide bonds. The van der Waals surface area contributed by atoms with E-state index >= 15 is 0 Å². The molecular formula is C27H27Cl2NO5S. The number of aliphatic hydroxyl groups excluding tert-OH is 1. The van der Waals surface area contributed by atoms with E-state index in [-0.39, 0.29) is 27.7 Å². The molecular weight excluding hydrogens is 521 g/mol. The van der Waals surface area contributed by atoms with Gasteiger partial charge in [0.1, 0.15) is 10.7 Å². The van der Waals surface area contributed by atoms with Gasteiger partial charge in [0, 0.05) is 22.5 Å². The van der Waals surface area contributed by atoms with E-state index in [9.17, 15) is 18.3 Å². The monoisotopic (exact) mass is 547 g/mol. The number of carbonyl (C=O) groups is 1. The van der Waals surface area contributed by atoms with Crippen molar-refractivity contribution in [2.24, 2.45) is 17.8 Å². The van der Waals surface area contributed by atoms with E-state index in [1.54, 1.807) is 24.3 Å². The van der Waals surface area contributed by atoms with Crippen LogP contribution in [-0.4, -0.2) is 25.6 Å². The lowest BCUT2D eigenvalue weighted by atomic mass is 9.72. The minimum Gasteiger partial charge on any atom is -0.430 e. The molecule has 1 saturated heterocycles. The lowest BCUT2D eigenvalue weighted by molar-refractivity contribution is -0.160. The van der Waals surface area contributed by atoms with Crippen LogP contribution in [-0.2, 0) is 19.6 Å². The van der Waals surface area contributed by atoms with Crippen LogP contribution in [0.2, 0.25) is 10.0 Å². The number of sulfonamides is 1. The third kappa shape index (κ3) is 5.21.